The molecule has 1 rings (SSSR count). The van der Waals surface area contributed by atoms with Gasteiger partial charge in [-0.2, -0.15) is 0 Å². The van der Waals surface area contributed by atoms with Crippen molar-refractivity contribution in [3.05, 3.63) is 35.6 Å². The van der Waals surface area contributed by atoms with Crippen molar-refractivity contribution in [1.82, 2.24) is 4.72 Å². The second-order valence-corrected chi connectivity index (χ2v) is 6.45. The summed E-state index contributed by atoms with van der Waals surface area (Å²) in [7, 11) is -3.71. The van der Waals surface area contributed by atoms with E-state index >= 15 is 0 Å². The number of rotatable bonds is 5. The standard InChI is InChI=1S/C11H15FN2O2S2/c1-7(9-5-3-4-6-10(9)12)14-18(15,16)8(2)11(13)17/h3-8,14H,1-2H3,(H2,13,17). The Labute approximate surface area is 111 Å². The monoisotopic (exact) mass is 290 g/mol. The van der Waals surface area contributed by atoms with Gasteiger partial charge in [0, 0.05) is 11.6 Å². The van der Waals surface area contributed by atoms with Crippen LogP contribution in [0.1, 0.15) is 25.5 Å². The Balaban J connectivity index is 2.92. The van der Waals surface area contributed by atoms with Crippen LogP contribution in [0.5, 0.6) is 0 Å². The lowest BCUT2D eigenvalue weighted by molar-refractivity contribution is 0.548. The van der Waals surface area contributed by atoms with E-state index < -0.39 is 27.1 Å². The van der Waals surface area contributed by atoms with Gasteiger partial charge in [-0.25, -0.2) is 17.5 Å². The molecule has 0 aliphatic rings. The first-order valence-corrected chi connectivity index (χ1v) is 7.26. The van der Waals surface area contributed by atoms with Gasteiger partial charge in [-0.1, -0.05) is 30.4 Å². The zero-order valence-corrected chi connectivity index (χ0v) is 11.7. The summed E-state index contributed by atoms with van der Waals surface area (Å²) in [6.45, 7) is 2.95. The number of benzene rings is 1. The highest BCUT2D eigenvalue weighted by Gasteiger charge is 2.26. The zero-order valence-electron chi connectivity index (χ0n) is 10.1. The van der Waals surface area contributed by atoms with Gasteiger partial charge >= 0.3 is 0 Å². The number of hydrogen-bond donors (Lipinski definition) is 2. The van der Waals surface area contributed by atoms with Crippen molar-refractivity contribution in [3.8, 4) is 0 Å². The highest BCUT2D eigenvalue weighted by molar-refractivity contribution is 7.93. The smallest absolute Gasteiger partial charge is 0.221 e. The molecule has 0 amide bonds. The van der Waals surface area contributed by atoms with E-state index in [1.807, 2.05) is 0 Å². The lowest BCUT2D eigenvalue weighted by atomic mass is 10.1. The summed E-state index contributed by atoms with van der Waals surface area (Å²) in [4.78, 5) is -0.122. The number of nitrogens with one attached hydrogen (secondary N) is 1. The first-order chi connectivity index (χ1) is 8.25. The van der Waals surface area contributed by atoms with Crippen LogP contribution >= 0.6 is 12.2 Å². The molecular formula is C11H15FN2O2S2. The van der Waals surface area contributed by atoms with Gasteiger partial charge in [-0.15, -0.1) is 0 Å². The molecule has 1 aromatic carbocycles. The maximum Gasteiger partial charge on any atom is 0.221 e. The van der Waals surface area contributed by atoms with Gasteiger partial charge in [0.1, 0.15) is 11.1 Å². The van der Waals surface area contributed by atoms with E-state index in [1.165, 1.54) is 25.1 Å². The van der Waals surface area contributed by atoms with Crippen LogP contribution in [0.15, 0.2) is 24.3 Å². The fourth-order valence-corrected chi connectivity index (χ4v) is 2.90. The van der Waals surface area contributed by atoms with E-state index in [4.69, 9.17) is 5.73 Å². The Kier molecular flexibility index (Phi) is 4.78. The maximum atomic E-state index is 13.5. The topological polar surface area (TPSA) is 72.2 Å². The van der Waals surface area contributed by atoms with Crippen molar-refractivity contribution in [2.75, 3.05) is 0 Å². The van der Waals surface area contributed by atoms with Gasteiger partial charge in [0.15, 0.2) is 0 Å². The number of thiocarbonyl (C=S) groups is 1. The first-order valence-electron chi connectivity index (χ1n) is 5.30. The van der Waals surface area contributed by atoms with Crippen molar-refractivity contribution in [2.24, 2.45) is 5.73 Å². The third-order valence-electron chi connectivity index (χ3n) is 2.58. The van der Waals surface area contributed by atoms with E-state index in [9.17, 15) is 12.8 Å². The zero-order chi connectivity index (χ0) is 13.9. The molecule has 0 aromatic heterocycles. The van der Waals surface area contributed by atoms with Gasteiger partial charge < -0.3 is 5.73 Å². The van der Waals surface area contributed by atoms with Crippen LogP contribution in [0.25, 0.3) is 0 Å². The maximum absolute atomic E-state index is 13.5. The average molecular weight is 290 g/mol. The van der Waals surface area contributed by atoms with Gasteiger partial charge in [-0.05, 0) is 19.9 Å². The number of halogens is 1. The SMILES string of the molecule is CC(NS(=O)(=O)C(C)C(N)=S)c1ccccc1F. The highest BCUT2D eigenvalue weighted by atomic mass is 32.2. The first kappa shape index (κ1) is 15.0. The Morgan fingerprint density at radius 3 is 2.44 bits per heavy atom. The van der Waals surface area contributed by atoms with Crippen LogP contribution in [-0.2, 0) is 10.0 Å². The number of sulfonamides is 1. The molecule has 2 atom stereocenters. The Bertz CT molecular complexity index is 546. The van der Waals surface area contributed by atoms with E-state index in [1.54, 1.807) is 13.0 Å². The summed E-state index contributed by atoms with van der Waals surface area (Å²) in [5, 5.41) is -0.998. The molecule has 7 heteroatoms. The molecule has 0 saturated carbocycles. The summed E-state index contributed by atoms with van der Waals surface area (Å²) >= 11 is 4.65. The molecule has 0 aliphatic carbocycles. The Hall–Kier alpha value is -1.05. The second kappa shape index (κ2) is 5.73. The minimum atomic E-state index is -3.71. The van der Waals surface area contributed by atoms with Crippen LogP contribution in [-0.4, -0.2) is 18.7 Å². The van der Waals surface area contributed by atoms with Gasteiger partial charge in [-0.3, -0.25) is 0 Å². The molecule has 2 unspecified atom stereocenters. The third-order valence-corrected chi connectivity index (χ3v) is 4.95. The summed E-state index contributed by atoms with van der Waals surface area (Å²) in [5.41, 5.74) is 5.58. The normalized spacial score (nSPS) is 15.1. The lowest BCUT2D eigenvalue weighted by Gasteiger charge is -2.18. The van der Waals surface area contributed by atoms with Crippen molar-refractivity contribution < 1.29 is 12.8 Å². The molecule has 0 heterocycles. The van der Waals surface area contributed by atoms with E-state index in [0.717, 1.165) is 0 Å². The fourth-order valence-electron chi connectivity index (χ4n) is 1.39. The van der Waals surface area contributed by atoms with E-state index in [0.29, 0.717) is 0 Å². The second-order valence-electron chi connectivity index (χ2n) is 3.95. The molecule has 0 aliphatic heterocycles. The summed E-state index contributed by atoms with van der Waals surface area (Å²) in [6, 6.07) is 5.29. The quantitative estimate of drug-likeness (QED) is 0.806. The molecule has 100 valence electrons. The van der Waals surface area contributed by atoms with Crippen molar-refractivity contribution >= 4 is 27.2 Å². The summed E-state index contributed by atoms with van der Waals surface area (Å²) < 4.78 is 39.6. The van der Waals surface area contributed by atoms with Crippen molar-refractivity contribution in [1.29, 1.82) is 0 Å². The summed E-state index contributed by atoms with van der Waals surface area (Å²) in [6.07, 6.45) is 0. The van der Waals surface area contributed by atoms with Gasteiger partial charge in [0.25, 0.3) is 0 Å². The van der Waals surface area contributed by atoms with Gasteiger partial charge in [0.05, 0.1) is 4.99 Å². The van der Waals surface area contributed by atoms with Gasteiger partial charge in [0.2, 0.25) is 10.0 Å². The molecular weight excluding hydrogens is 275 g/mol. The van der Waals surface area contributed by atoms with Crippen LogP contribution in [0.2, 0.25) is 0 Å². The third kappa shape index (κ3) is 3.47. The van der Waals surface area contributed by atoms with Crippen molar-refractivity contribution in [2.45, 2.75) is 25.1 Å². The molecule has 0 fully saturated rings. The summed E-state index contributed by atoms with van der Waals surface area (Å²) in [5.74, 6) is -0.462. The Morgan fingerprint density at radius 1 is 1.39 bits per heavy atom. The van der Waals surface area contributed by atoms with E-state index in [2.05, 4.69) is 16.9 Å². The molecule has 3 N–H and O–H groups in total. The minimum absolute atomic E-state index is 0.122. The highest BCUT2D eigenvalue weighted by Crippen LogP contribution is 2.17. The van der Waals surface area contributed by atoms with Crippen LogP contribution in [0.3, 0.4) is 0 Å². The largest absolute Gasteiger partial charge is 0.392 e. The van der Waals surface area contributed by atoms with Crippen LogP contribution in [0.4, 0.5) is 4.39 Å². The molecule has 0 saturated heterocycles. The van der Waals surface area contributed by atoms with Crippen LogP contribution in [0, 0.1) is 5.82 Å². The van der Waals surface area contributed by atoms with Crippen molar-refractivity contribution in [3.63, 3.8) is 0 Å². The number of hydrogen-bond acceptors (Lipinski definition) is 3. The Morgan fingerprint density at radius 2 is 1.94 bits per heavy atom. The average Bonchev–Trinajstić information content (AvgIpc) is 2.27. The van der Waals surface area contributed by atoms with Crippen LogP contribution < -0.4 is 10.5 Å². The molecule has 0 radical (unpaired) electrons. The number of nitrogens with two attached hydrogens (primary N) is 1. The molecule has 0 spiro atoms. The fraction of sp³-hybridized carbons (Fsp3) is 0.364. The molecule has 0 bridgehead atoms. The predicted molar refractivity (Wildman–Crippen MR) is 73.1 cm³/mol. The molecule has 18 heavy (non-hydrogen) atoms. The molecule has 1 aromatic rings. The molecule has 4 nitrogen and oxygen atoms in total. The minimum Gasteiger partial charge on any atom is -0.392 e. The predicted octanol–water partition coefficient (Wildman–Crippen LogP) is 1.48. The lowest BCUT2D eigenvalue weighted by Crippen LogP contribution is -2.41. The van der Waals surface area contributed by atoms with E-state index in [-0.39, 0.29) is 10.6 Å².